The number of hydrogen-bond donors (Lipinski definition) is 2. The average molecular weight is 289 g/mol. The van der Waals surface area contributed by atoms with Gasteiger partial charge in [0.2, 0.25) is 0 Å². The zero-order chi connectivity index (χ0) is 15.1. The van der Waals surface area contributed by atoms with Crippen LogP contribution < -0.4 is 0 Å². The van der Waals surface area contributed by atoms with E-state index in [1.807, 2.05) is 42.5 Å². The Labute approximate surface area is 125 Å². The molecule has 0 unspecified atom stereocenters. The lowest BCUT2D eigenvalue weighted by Gasteiger charge is -2.05. The number of nitrogens with zero attached hydrogens (tertiary/aromatic N) is 2. The molecule has 0 saturated carbocycles. The molecule has 4 aromatic rings. The summed E-state index contributed by atoms with van der Waals surface area (Å²) < 4.78 is 0. The fourth-order valence-corrected chi connectivity index (χ4v) is 2.58. The second-order valence-corrected chi connectivity index (χ2v) is 5.00. The SMILES string of the molecule is O=C(O)c1cc2nc(-c3cccc4cccnc34)ccc2[nH]1. The Morgan fingerprint density at radius 3 is 2.82 bits per heavy atom. The van der Waals surface area contributed by atoms with Crippen LogP contribution in [-0.2, 0) is 0 Å². The van der Waals surface area contributed by atoms with Crippen LogP contribution in [0.2, 0.25) is 0 Å². The fraction of sp³-hybridized carbons (Fsp3) is 0. The van der Waals surface area contributed by atoms with Crippen LogP contribution in [-0.4, -0.2) is 26.0 Å². The molecule has 5 nitrogen and oxygen atoms in total. The van der Waals surface area contributed by atoms with Gasteiger partial charge in [-0.05, 0) is 24.3 Å². The van der Waals surface area contributed by atoms with Crippen LogP contribution in [0.3, 0.4) is 0 Å². The van der Waals surface area contributed by atoms with E-state index >= 15 is 0 Å². The molecule has 1 aromatic carbocycles. The highest BCUT2D eigenvalue weighted by molar-refractivity contribution is 5.95. The van der Waals surface area contributed by atoms with Crippen molar-refractivity contribution >= 4 is 27.9 Å². The Bertz CT molecular complexity index is 1020. The van der Waals surface area contributed by atoms with Gasteiger partial charge in [-0.1, -0.05) is 24.3 Å². The summed E-state index contributed by atoms with van der Waals surface area (Å²) in [4.78, 5) is 22.9. The van der Waals surface area contributed by atoms with Crippen molar-refractivity contribution in [1.82, 2.24) is 15.0 Å². The maximum Gasteiger partial charge on any atom is 0.352 e. The number of aromatic nitrogens is 3. The Morgan fingerprint density at radius 2 is 1.95 bits per heavy atom. The highest BCUT2D eigenvalue weighted by atomic mass is 16.4. The van der Waals surface area contributed by atoms with Crippen molar-refractivity contribution in [3.8, 4) is 11.3 Å². The lowest BCUT2D eigenvalue weighted by Crippen LogP contribution is -1.94. The van der Waals surface area contributed by atoms with Crippen LogP contribution in [0.5, 0.6) is 0 Å². The second-order valence-electron chi connectivity index (χ2n) is 5.00. The predicted molar refractivity (Wildman–Crippen MR) is 83.8 cm³/mol. The molecule has 0 aliphatic heterocycles. The van der Waals surface area contributed by atoms with Crippen molar-refractivity contribution in [2.75, 3.05) is 0 Å². The normalized spacial score (nSPS) is 11.1. The molecule has 106 valence electrons. The molecule has 4 rings (SSSR count). The van der Waals surface area contributed by atoms with Crippen LogP contribution in [0, 0.1) is 0 Å². The number of carboxylic acid groups (broad SMARTS) is 1. The van der Waals surface area contributed by atoms with E-state index in [1.54, 1.807) is 12.3 Å². The van der Waals surface area contributed by atoms with E-state index < -0.39 is 5.97 Å². The van der Waals surface area contributed by atoms with Gasteiger partial charge in [-0.25, -0.2) is 9.78 Å². The first-order valence-corrected chi connectivity index (χ1v) is 6.79. The lowest BCUT2D eigenvalue weighted by molar-refractivity contribution is 0.0691. The molecule has 0 bridgehead atoms. The number of benzene rings is 1. The number of fused-ring (bicyclic) bond motifs is 2. The summed E-state index contributed by atoms with van der Waals surface area (Å²) in [7, 11) is 0. The number of pyridine rings is 2. The number of aromatic carboxylic acids is 1. The smallest absolute Gasteiger partial charge is 0.352 e. The molecule has 0 fully saturated rings. The van der Waals surface area contributed by atoms with Gasteiger partial charge in [0.1, 0.15) is 5.69 Å². The lowest BCUT2D eigenvalue weighted by atomic mass is 10.1. The van der Waals surface area contributed by atoms with Gasteiger partial charge in [-0.3, -0.25) is 4.98 Å². The number of rotatable bonds is 2. The quantitative estimate of drug-likeness (QED) is 0.592. The van der Waals surface area contributed by atoms with E-state index in [2.05, 4.69) is 15.0 Å². The van der Waals surface area contributed by atoms with E-state index in [1.165, 1.54) is 0 Å². The third-order valence-corrected chi connectivity index (χ3v) is 3.61. The first-order valence-electron chi connectivity index (χ1n) is 6.79. The molecule has 22 heavy (non-hydrogen) atoms. The first kappa shape index (κ1) is 12.5. The molecule has 0 saturated heterocycles. The van der Waals surface area contributed by atoms with Gasteiger partial charge >= 0.3 is 5.97 Å². The average Bonchev–Trinajstić information content (AvgIpc) is 2.98. The van der Waals surface area contributed by atoms with E-state index in [0.29, 0.717) is 11.0 Å². The van der Waals surface area contributed by atoms with Crippen molar-refractivity contribution < 1.29 is 9.90 Å². The van der Waals surface area contributed by atoms with E-state index in [0.717, 1.165) is 22.2 Å². The largest absolute Gasteiger partial charge is 0.477 e. The summed E-state index contributed by atoms with van der Waals surface area (Å²) in [6.07, 6.45) is 1.75. The summed E-state index contributed by atoms with van der Waals surface area (Å²) >= 11 is 0. The maximum atomic E-state index is 11.0. The molecule has 0 aliphatic rings. The number of H-pyrrole nitrogens is 1. The minimum absolute atomic E-state index is 0.135. The first-order chi connectivity index (χ1) is 10.7. The minimum Gasteiger partial charge on any atom is -0.477 e. The van der Waals surface area contributed by atoms with Gasteiger partial charge in [0.05, 0.1) is 22.2 Å². The minimum atomic E-state index is -0.994. The summed E-state index contributed by atoms with van der Waals surface area (Å²) in [6.45, 7) is 0. The van der Waals surface area contributed by atoms with Crippen molar-refractivity contribution in [2.24, 2.45) is 0 Å². The topological polar surface area (TPSA) is 78.9 Å². The standard InChI is InChI=1S/C17H11N3O2/c21-17(22)15-9-14-13(20-15)7-6-12(19-14)11-5-1-3-10-4-2-8-18-16(10)11/h1-9,20H,(H,21,22). The Morgan fingerprint density at radius 1 is 1.09 bits per heavy atom. The highest BCUT2D eigenvalue weighted by Crippen LogP contribution is 2.27. The summed E-state index contributed by atoms with van der Waals surface area (Å²) in [5, 5.41) is 10.1. The third kappa shape index (κ3) is 1.91. The van der Waals surface area contributed by atoms with Crippen molar-refractivity contribution in [3.05, 3.63) is 60.4 Å². The Kier molecular flexibility index (Phi) is 2.66. The summed E-state index contributed by atoms with van der Waals surface area (Å²) in [5.41, 5.74) is 4.05. The molecule has 3 heterocycles. The van der Waals surface area contributed by atoms with Crippen LogP contribution in [0.25, 0.3) is 33.2 Å². The molecular weight excluding hydrogens is 278 g/mol. The molecule has 0 radical (unpaired) electrons. The van der Waals surface area contributed by atoms with Crippen LogP contribution >= 0.6 is 0 Å². The molecule has 0 aliphatic carbocycles. The number of carbonyl (C=O) groups is 1. The Hall–Kier alpha value is -3.21. The highest BCUT2D eigenvalue weighted by Gasteiger charge is 2.11. The van der Waals surface area contributed by atoms with E-state index in [4.69, 9.17) is 5.11 Å². The van der Waals surface area contributed by atoms with Gasteiger partial charge in [-0.15, -0.1) is 0 Å². The van der Waals surface area contributed by atoms with Gasteiger partial charge in [-0.2, -0.15) is 0 Å². The summed E-state index contributed by atoms with van der Waals surface area (Å²) in [6, 6.07) is 15.1. The number of carboxylic acids is 1. The molecule has 0 spiro atoms. The zero-order valence-corrected chi connectivity index (χ0v) is 11.4. The molecule has 0 atom stereocenters. The Balaban J connectivity index is 1.94. The van der Waals surface area contributed by atoms with Crippen LogP contribution in [0.1, 0.15) is 10.5 Å². The third-order valence-electron chi connectivity index (χ3n) is 3.61. The number of nitrogens with one attached hydrogen (secondary N) is 1. The number of hydrogen-bond acceptors (Lipinski definition) is 3. The van der Waals surface area contributed by atoms with E-state index in [-0.39, 0.29) is 5.69 Å². The second kappa shape index (κ2) is 4.66. The van der Waals surface area contributed by atoms with Gasteiger partial charge in [0.15, 0.2) is 0 Å². The molecule has 2 N–H and O–H groups in total. The van der Waals surface area contributed by atoms with Gasteiger partial charge in [0.25, 0.3) is 0 Å². The van der Waals surface area contributed by atoms with Crippen molar-refractivity contribution in [2.45, 2.75) is 0 Å². The van der Waals surface area contributed by atoms with Crippen LogP contribution in [0.15, 0.2) is 54.7 Å². The zero-order valence-electron chi connectivity index (χ0n) is 11.4. The molecular formula is C17H11N3O2. The molecule has 3 aromatic heterocycles. The summed E-state index contributed by atoms with van der Waals surface area (Å²) in [5.74, 6) is -0.994. The predicted octanol–water partition coefficient (Wildman–Crippen LogP) is 3.48. The fourth-order valence-electron chi connectivity index (χ4n) is 2.58. The van der Waals surface area contributed by atoms with Crippen LogP contribution in [0.4, 0.5) is 0 Å². The van der Waals surface area contributed by atoms with Gasteiger partial charge in [0, 0.05) is 17.1 Å². The number of para-hydroxylation sites is 1. The van der Waals surface area contributed by atoms with Gasteiger partial charge < -0.3 is 10.1 Å². The maximum absolute atomic E-state index is 11.0. The monoisotopic (exact) mass is 289 g/mol. The van der Waals surface area contributed by atoms with E-state index in [9.17, 15) is 4.79 Å². The molecule has 5 heteroatoms. The number of aromatic amines is 1. The molecule has 0 amide bonds. The van der Waals surface area contributed by atoms with Crippen molar-refractivity contribution in [3.63, 3.8) is 0 Å². The van der Waals surface area contributed by atoms with Crippen molar-refractivity contribution in [1.29, 1.82) is 0 Å².